The number of aryl methyl sites for hydroxylation is 1. The van der Waals surface area contributed by atoms with Crippen LogP contribution < -0.4 is 11.1 Å². The second-order valence-corrected chi connectivity index (χ2v) is 5.27. The van der Waals surface area contributed by atoms with Crippen molar-refractivity contribution in [3.8, 4) is 0 Å². The lowest BCUT2D eigenvalue weighted by molar-refractivity contribution is -0.123. The molecule has 1 atom stereocenters. The smallest absolute Gasteiger partial charge is 0.220 e. The first kappa shape index (κ1) is 19.2. The van der Waals surface area contributed by atoms with Gasteiger partial charge in [0.25, 0.3) is 0 Å². The molecule has 3 N–H and O–H groups in total. The van der Waals surface area contributed by atoms with Crippen LogP contribution in [0.15, 0.2) is 24.4 Å². The summed E-state index contributed by atoms with van der Waals surface area (Å²) in [5.74, 6) is 0.627. The van der Waals surface area contributed by atoms with E-state index in [1.807, 2.05) is 25.1 Å². The summed E-state index contributed by atoms with van der Waals surface area (Å²) in [5.41, 5.74) is 6.51. The van der Waals surface area contributed by atoms with Crippen LogP contribution in [0.25, 0.3) is 0 Å². The molecular weight excluding hydrogens is 297 g/mol. The van der Waals surface area contributed by atoms with Gasteiger partial charge in [0, 0.05) is 24.9 Å². The molecule has 0 saturated heterocycles. The van der Waals surface area contributed by atoms with Crippen LogP contribution in [0.4, 0.5) is 0 Å². The zero-order valence-corrected chi connectivity index (χ0v) is 13.3. The Morgan fingerprint density at radius 2 is 2.15 bits per heavy atom. The number of carbonyl (C=O) groups is 1. The number of nitrogens with zero attached hydrogens (tertiary/aromatic N) is 1. The van der Waals surface area contributed by atoms with E-state index in [1.54, 1.807) is 6.20 Å². The number of nitrogens with two attached hydrogens (primary N) is 1. The summed E-state index contributed by atoms with van der Waals surface area (Å²) in [6, 6.07) is 5.76. The number of aromatic nitrogens is 1. The molecule has 0 spiro atoms. The molecule has 0 radical (unpaired) electrons. The van der Waals surface area contributed by atoms with Gasteiger partial charge >= 0.3 is 0 Å². The van der Waals surface area contributed by atoms with E-state index in [9.17, 15) is 4.79 Å². The third-order valence-electron chi connectivity index (χ3n) is 3.66. The van der Waals surface area contributed by atoms with Crippen LogP contribution in [0.1, 0.15) is 31.9 Å². The van der Waals surface area contributed by atoms with Crippen molar-refractivity contribution in [1.29, 1.82) is 0 Å². The minimum atomic E-state index is -0.221. The highest BCUT2D eigenvalue weighted by Gasteiger charge is 2.41. The molecule has 114 valence electrons. The predicted molar refractivity (Wildman–Crippen MR) is 85.4 cm³/mol. The van der Waals surface area contributed by atoms with Crippen molar-refractivity contribution in [3.63, 3.8) is 0 Å². The van der Waals surface area contributed by atoms with Crippen molar-refractivity contribution >= 4 is 30.7 Å². The lowest BCUT2D eigenvalue weighted by Crippen LogP contribution is -2.53. The number of nitrogens with one attached hydrogen (secondary N) is 1. The zero-order chi connectivity index (χ0) is 13.0. The first-order valence-corrected chi connectivity index (χ1v) is 6.55. The molecule has 6 heteroatoms. The first-order chi connectivity index (χ1) is 8.64. The van der Waals surface area contributed by atoms with Crippen LogP contribution in [0, 0.1) is 5.92 Å². The Bertz CT molecular complexity index is 412. The third-order valence-corrected chi connectivity index (χ3v) is 3.66. The van der Waals surface area contributed by atoms with E-state index in [1.165, 1.54) is 12.8 Å². The molecule has 1 aromatic heterocycles. The molecule has 1 heterocycles. The Kier molecular flexibility index (Phi) is 8.09. The second kappa shape index (κ2) is 8.45. The number of hydrogen-bond donors (Lipinski definition) is 2. The maximum Gasteiger partial charge on any atom is 0.220 e. The average Bonchev–Trinajstić information content (AvgIpc) is 3.22. The van der Waals surface area contributed by atoms with E-state index >= 15 is 0 Å². The van der Waals surface area contributed by atoms with Crippen LogP contribution in [0.5, 0.6) is 0 Å². The lowest BCUT2D eigenvalue weighted by atomic mass is 9.95. The van der Waals surface area contributed by atoms with Gasteiger partial charge in [-0.05, 0) is 44.2 Å². The Balaban J connectivity index is 0.00000180. The number of pyridine rings is 1. The molecule has 1 amide bonds. The largest absolute Gasteiger partial charge is 0.349 e. The van der Waals surface area contributed by atoms with Gasteiger partial charge < -0.3 is 11.1 Å². The highest BCUT2D eigenvalue weighted by atomic mass is 35.5. The van der Waals surface area contributed by atoms with Crippen molar-refractivity contribution in [2.24, 2.45) is 11.7 Å². The Morgan fingerprint density at radius 1 is 1.45 bits per heavy atom. The SMILES string of the molecule is CC(CN)(NC(=O)CCc1ccccn1)C1CC1.Cl.Cl. The molecule has 1 aliphatic rings. The molecule has 20 heavy (non-hydrogen) atoms. The quantitative estimate of drug-likeness (QED) is 0.843. The van der Waals surface area contributed by atoms with Crippen LogP contribution in [0.3, 0.4) is 0 Å². The fourth-order valence-corrected chi connectivity index (χ4v) is 2.21. The predicted octanol–water partition coefficient (Wildman–Crippen LogP) is 2.10. The number of rotatable bonds is 6. The van der Waals surface area contributed by atoms with E-state index in [0.29, 0.717) is 25.3 Å². The normalized spacial score (nSPS) is 16.3. The summed E-state index contributed by atoms with van der Waals surface area (Å²) in [6.45, 7) is 2.55. The second-order valence-electron chi connectivity index (χ2n) is 5.27. The Hall–Kier alpha value is -0.840. The standard InChI is InChI=1S/C14H21N3O.2ClH/c1-14(10-15,11-5-6-11)17-13(18)8-7-12-4-2-3-9-16-12;;/h2-4,9,11H,5-8,10,15H2,1H3,(H,17,18);2*1H. The van der Waals surface area contributed by atoms with Gasteiger partial charge in [0.1, 0.15) is 0 Å². The Labute approximate surface area is 132 Å². The minimum absolute atomic E-state index is 0. The summed E-state index contributed by atoms with van der Waals surface area (Å²) in [6.07, 6.45) is 5.25. The monoisotopic (exact) mass is 319 g/mol. The van der Waals surface area contributed by atoms with Gasteiger partial charge in [-0.15, -0.1) is 24.8 Å². The van der Waals surface area contributed by atoms with Crippen molar-refractivity contribution in [3.05, 3.63) is 30.1 Å². The minimum Gasteiger partial charge on any atom is -0.349 e. The molecule has 1 saturated carbocycles. The molecule has 1 unspecified atom stereocenters. The summed E-state index contributed by atoms with van der Waals surface area (Å²) < 4.78 is 0. The molecule has 0 aliphatic heterocycles. The van der Waals surface area contributed by atoms with Crippen molar-refractivity contribution < 1.29 is 4.79 Å². The molecular formula is C14H23Cl2N3O. The van der Waals surface area contributed by atoms with Gasteiger partial charge in [0.15, 0.2) is 0 Å². The Morgan fingerprint density at radius 3 is 2.65 bits per heavy atom. The maximum atomic E-state index is 11.9. The van der Waals surface area contributed by atoms with E-state index in [-0.39, 0.29) is 36.3 Å². The molecule has 1 fully saturated rings. The van der Waals surface area contributed by atoms with Gasteiger partial charge in [-0.2, -0.15) is 0 Å². The molecule has 0 bridgehead atoms. The number of hydrogen-bond acceptors (Lipinski definition) is 3. The first-order valence-electron chi connectivity index (χ1n) is 6.55. The van der Waals surface area contributed by atoms with E-state index in [0.717, 1.165) is 5.69 Å². The van der Waals surface area contributed by atoms with Crippen LogP contribution in [-0.2, 0) is 11.2 Å². The maximum absolute atomic E-state index is 11.9. The van der Waals surface area contributed by atoms with E-state index < -0.39 is 0 Å². The fourth-order valence-electron chi connectivity index (χ4n) is 2.21. The molecule has 1 aromatic rings. The van der Waals surface area contributed by atoms with Gasteiger partial charge in [0.2, 0.25) is 5.91 Å². The number of halogens is 2. The number of carbonyl (C=O) groups excluding carboxylic acids is 1. The van der Waals surface area contributed by atoms with Gasteiger partial charge in [-0.1, -0.05) is 6.07 Å². The summed E-state index contributed by atoms with van der Waals surface area (Å²) in [5, 5.41) is 3.08. The van der Waals surface area contributed by atoms with Crippen molar-refractivity contribution in [1.82, 2.24) is 10.3 Å². The molecule has 0 aromatic carbocycles. The van der Waals surface area contributed by atoms with Gasteiger partial charge in [-0.3, -0.25) is 9.78 Å². The summed E-state index contributed by atoms with van der Waals surface area (Å²) >= 11 is 0. The van der Waals surface area contributed by atoms with E-state index in [4.69, 9.17) is 5.73 Å². The average molecular weight is 320 g/mol. The topological polar surface area (TPSA) is 68.0 Å². The molecule has 2 rings (SSSR count). The van der Waals surface area contributed by atoms with Gasteiger partial charge in [0.05, 0.1) is 5.54 Å². The zero-order valence-electron chi connectivity index (χ0n) is 11.7. The molecule has 4 nitrogen and oxygen atoms in total. The van der Waals surface area contributed by atoms with Crippen molar-refractivity contribution in [2.45, 2.75) is 38.1 Å². The highest BCUT2D eigenvalue weighted by Crippen LogP contribution is 2.38. The van der Waals surface area contributed by atoms with Crippen LogP contribution >= 0.6 is 24.8 Å². The van der Waals surface area contributed by atoms with E-state index in [2.05, 4.69) is 10.3 Å². The molecule has 1 aliphatic carbocycles. The summed E-state index contributed by atoms with van der Waals surface area (Å²) in [7, 11) is 0. The van der Waals surface area contributed by atoms with Crippen LogP contribution in [-0.4, -0.2) is 23.0 Å². The van der Waals surface area contributed by atoms with Crippen LogP contribution in [0.2, 0.25) is 0 Å². The fraction of sp³-hybridized carbons (Fsp3) is 0.571. The lowest BCUT2D eigenvalue weighted by Gasteiger charge is -2.29. The third kappa shape index (κ3) is 5.27. The highest BCUT2D eigenvalue weighted by molar-refractivity contribution is 5.85. The summed E-state index contributed by atoms with van der Waals surface area (Å²) in [4.78, 5) is 16.1. The van der Waals surface area contributed by atoms with Crippen molar-refractivity contribution in [2.75, 3.05) is 6.54 Å². The van der Waals surface area contributed by atoms with Gasteiger partial charge in [-0.25, -0.2) is 0 Å². The number of amides is 1.